The molecular formula is C21H24BrNO3. The largest absolute Gasteiger partial charge is 0.465 e. The van der Waals surface area contributed by atoms with Gasteiger partial charge in [0.2, 0.25) is 5.91 Å². The summed E-state index contributed by atoms with van der Waals surface area (Å²) in [4.78, 5) is 23.6. The van der Waals surface area contributed by atoms with Crippen LogP contribution in [0.4, 0.5) is 0 Å². The Bertz CT molecular complexity index is 752. The van der Waals surface area contributed by atoms with Crippen LogP contribution in [0.5, 0.6) is 0 Å². The molecule has 0 aromatic heterocycles. The van der Waals surface area contributed by atoms with Gasteiger partial charge in [0, 0.05) is 22.9 Å². The Balaban J connectivity index is 1.83. The van der Waals surface area contributed by atoms with E-state index in [-0.39, 0.29) is 17.3 Å². The SMILES string of the molecule is COC(=O)c1ccc(CCC(=O)NCC(C)(C)c2ccc(Br)cc2)cc1. The maximum absolute atomic E-state index is 12.2. The van der Waals surface area contributed by atoms with Crippen molar-refractivity contribution in [1.29, 1.82) is 0 Å². The van der Waals surface area contributed by atoms with Crippen molar-refractivity contribution in [2.24, 2.45) is 0 Å². The number of ether oxygens (including phenoxy) is 1. The molecule has 0 spiro atoms. The Morgan fingerprint density at radius 3 is 2.23 bits per heavy atom. The summed E-state index contributed by atoms with van der Waals surface area (Å²) in [5.41, 5.74) is 2.56. The second kappa shape index (κ2) is 8.99. The van der Waals surface area contributed by atoms with Gasteiger partial charge in [0.05, 0.1) is 12.7 Å². The molecule has 0 aliphatic carbocycles. The molecule has 5 heteroatoms. The third kappa shape index (κ3) is 5.70. The fraction of sp³-hybridized carbons (Fsp3) is 0.333. The van der Waals surface area contributed by atoms with Crippen LogP contribution in [0.25, 0.3) is 0 Å². The molecule has 26 heavy (non-hydrogen) atoms. The lowest BCUT2D eigenvalue weighted by Gasteiger charge is -2.25. The third-order valence-electron chi connectivity index (χ3n) is 4.37. The number of hydrogen-bond acceptors (Lipinski definition) is 3. The number of amides is 1. The summed E-state index contributed by atoms with van der Waals surface area (Å²) in [5.74, 6) is -0.336. The van der Waals surface area contributed by atoms with Crippen LogP contribution in [0.1, 0.15) is 41.8 Å². The Labute approximate surface area is 163 Å². The van der Waals surface area contributed by atoms with E-state index >= 15 is 0 Å². The van der Waals surface area contributed by atoms with Gasteiger partial charge in [0.15, 0.2) is 0 Å². The quantitative estimate of drug-likeness (QED) is 0.684. The summed E-state index contributed by atoms with van der Waals surface area (Å²) in [6.45, 7) is 4.80. The van der Waals surface area contributed by atoms with E-state index < -0.39 is 0 Å². The van der Waals surface area contributed by atoms with E-state index in [0.717, 1.165) is 10.0 Å². The van der Waals surface area contributed by atoms with E-state index in [2.05, 4.69) is 52.0 Å². The van der Waals surface area contributed by atoms with E-state index in [1.165, 1.54) is 12.7 Å². The molecule has 0 saturated carbocycles. The molecule has 138 valence electrons. The lowest BCUT2D eigenvalue weighted by molar-refractivity contribution is -0.121. The van der Waals surface area contributed by atoms with Crippen LogP contribution in [0.2, 0.25) is 0 Å². The summed E-state index contributed by atoms with van der Waals surface area (Å²) in [7, 11) is 1.36. The van der Waals surface area contributed by atoms with Gasteiger partial charge in [0.25, 0.3) is 0 Å². The molecular weight excluding hydrogens is 394 g/mol. The maximum atomic E-state index is 12.2. The second-order valence-corrected chi connectivity index (χ2v) is 7.77. The molecule has 0 atom stereocenters. The normalized spacial score (nSPS) is 11.1. The first-order valence-corrected chi connectivity index (χ1v) is 9.31. The van der Waals surface area contributed by atoms with Crippen molar-refractivity contribution in [3.05, 3.63) is 69.7 Å². The smallest absolute Gasteiger partial charge is 0.337 e. The number of carbonyl (C=O) groups excluding carboxylic acids is 2. The minimum Gasteiger partial charge on any atom is -0.465 e. The minimum absolute atomic E-state index is 0.0206. The Morgan fingerprint density at radius 2 is 1.65 bits per heavy atom. The van der Waals surface area contributed by atoms with Crippen LogP contribution in [0.3, 0.4) is 0 Å². The number of nitrogens with one attached hydrogen (secondary N) is 1. The molecule has 0 aliphatic heterocycles. The van der Waals surface area contributed by atoms with Gasteiger partial charge in [-0.15, -0.1) is 0 Å². The van der Waals surface area contributed by atoms with E-state index in [0.29, 0.717) is 24.9 Å². The van der Waals surface area contributed by atoms with Gasteiger partial charge in [-0.2, -0.15) is 0 Å². The van der Waals surface area contributed by atoms with Gasteiger partial charge in [-0.25, -0.2) is 4.79 Å². The molecule has 2 aromatic rings. The summed E-state index contributed by atoms with van der Waals surface area (Å²) < 4.78 is 5.72. The van der Waals surface area contributed by atoms with E-state index in [1.54, 1.807) is 12.1 Å². The van der Waals surface area contributed by atoms with Crippen molar-refractivity contribution in [2.75, 3.05) is 13.7 Å². The lowest BCUT2D eigenvalue weighted by atomic mass is 9.84. The zero-order valence-electron chi connectivity index (χ0n) is 15.3. The number of esters is 1. The number of methoxy groups -OCH3 is 1. The zero-order valence-corrected chi connectivity index (χ0v) is 16.9. The number of hydrogen-bond donors (Lipinski definition) is 1. The second-order valence-electron chi connectivity index (χ2n) is 6.86. The first-order chi connectivity index (χ1) is 12.3. The Kier molecular flexibility index (Phi) is 6.98. The highest BCUT2D eigenvalue weighted by Gasteiger charge is 2.21. The Morgan fingerprint density at radius 1 is 1.04 bits per heavy atom. The molecule has 0 fully saturated rings. The summed E-state index contributed by atoms with van der Waals surface area (Å²) in [6.07, 6.45) is 1.04. The van der Waals surface area contributed by atoms with Gasteiger partial charge >= 0.3 is 5.97 Å². The highest BCUT2D eigenvalue weighted by atomic mass is 79.9. The summed E-state index contributed by atoms with van der Waals surface area (Å²) >= 11 is 3.44. The van der Waals surface area contributed by atoms with Gasteiger partial charge in [0.1, 0.15) is 0 Å². The van der Waals surface area contributed by atoms with Crippen LogP contribution in [0.15, 0.2) is 53.0 Å². The van der Waals surface area contributed by atoms with Crippen molar-refractivity contribution < 1.29 is 14.3 Å². The van der Waals surface area contributed by atoms with Crippen LogP contribution < -0.4 is 5.32 Å². The summed E-state index contributed by atoms with van der Waals surface area (Å²) in [6, 6.07) is 15.3. The van der Waals surface area contributed by atoms with Crippen LogP contribution in [-0.4, -0.2) is 25.5 Å². The fourth-order valence-electron chi connectivity index (χ4n) is 2.59. The van der Waals surface area contributed by atoms with Crippen molar-refractivity contribution in [1.82, 2.24) is 5.32 Å². The van der Waals surface area contributed by atoms with Gasteiger partial charge < -0.3 is 10.1 Å². The lowest BCUT2D eigenvalue weighted by Crippen LogP contribution is -2.36. The highest BCUT2D eigenvalue weighted by Crippen LogP contribution is 2.24. The van der Waals surface area contributed by atoms with Crippen molar-refractivity contribution >= 4 is 27.8 Å². The first-order valence-electron chi connectivity index (χ1n) is 8.52. The molecule has 0 bridgehead atoms. The average Bonchev–Trinajstić information content (AvgIpc) is 2.65. The number of halogens is 1. The fourth-order valence-corrected chi connectivity index (χ4v) is 2.86. The average molecular weight is 418 g/mol. The van der Waals surface area contributed by atoms with Gasteiger partial charge in [-0.05, 0) is 41.8 Å². The van der Waals surface area contributed by atoms with Crippen LogP contribution >= 0.6 is 15.9 Å². The molecule has 0 saturated heterocycles. The first kappa shape index (κ1) is 20.2. The molecule has 1 amide bonds. The summed E-state index contributed by atoms with van der Waals surface area (Å²) in [5, 5.41) is 3.02. The number of carbonyl (C=O) groups is 2. The standard InChI is InChI=1S/C21H24BrNO3/c1-21(2,17-9-11-18(22)12-10-17)14-23-19(24)13-6-15-4-7-16(8-5-15)20(25)26-3/h4-5,7-12H,6,13-14H2,1-3H3,(H,23,24). The van der Waals surface area contributed by atoms with E-state index in [9.17, 15) is 9.59 Å². The van der Waals surface area contributed by atoms with Crippen LogP contribution in [0, 0.1) is 0 Å². The topological polar surface area (TPSA) is 55.4 Å². The zero-order chi connectivity index (χ0) is 19.2. The molecule has 1 N–H and O–H groups in total. The molecule has 4 nitrogen and oxygen atoms in total. The molecule has 0 heterocycles. The van der Waals surface area contributed by atoms with Crippen molar-refractivity contribution in [3.63, 3.8) is 0 Å². The highest BCUT2D eigenvalue weighted by molar-refractivity contribution is 9.10. The maximum Gasteiger partial charge on any atom is 0.337 e. The molecule has 0 unspecified atom stereocenters. The predicted octanol–water partition coefficient (Wildman–Crippen LogP) is 4.26. The van der Waals surface area contributed by atoms with Crippen molar-refractivity contribution in [3.8, 4) is 0 Å². The van der Waals surface area contributed by atoms with E-state index in [4.69, 9.17) is 0 Å². The third-order valence-corrected chi connectivity index (χ3v) is 4.90. The molecule has 2 aromatic carbocycles. The van der Waals surface area contributed by atoms with Gasteiger partial charge in [-0.1, -0.05) is 54.0 Å². The monoisotopic (exact) mass is 417 g/mol. The molecule has 0 radical (unpaired) electrons. The Hall–Kier alpha value is -2.14. The number of aryl methyl sites for hydroxylation is 1. The predicted molar refractivity (Wildman–Crippen MR) is 106 cm³/mol. The number of rotatable bonds is 7. The molecule has 2 rings (SSSR count). The molecule has 0 aliphatic rings. The minimum atomic E-state index is -0.357. The van der Waals surface area contributed by atoms with Crippen LogP contribution in [-0.2, 0) is 21.4 Å². The van der Waals surface area contributed by atoms with Crippen molar-refractivity contribution in [2.45, 2.75) is 32.1 Å². The van der Waals surface area contributed by atoms with Gasteiger partial charge in [-0.3, -0.25) is 4.79 Å². The number of benzene rings is 2. The van der Waals surface area contributed by atoms with E-state index in [1.807, 2.05) is 24.3 Å².